The summed E-state index contributed by atoms with van der Waals surface area (Å²) in [6.45, 7) is 6.93. The molecule has 0 radical (unpaired) electrons. The lowest BCUT2D eigenvalue weighted by Gasteiger charge is -2.17. The van der Waals surface area contributed by atoms with Crippen molar-refractivity contribution < 1.29 is 14.6 Å². The van der Waals surface area contributed by atoms with E-state index in [1.54, 1.807) is 23.1 Å². The number of rotatable bonds is 6. The zero-order valence-electron chi connectivity index (χ0n) is 16.6. The molecule has 1 aliphatic heterocycles. The Morgan fingerprint density at radius 3 is 2.66 bits per heavy atom. The van der Waals surface area contributed by atoms with Gasteiger partial charge >= 0.3 is 0 Å². The molecule has 0 aromatic heterocycles. The Balaban J connectivity index is 1.98. The maximum atomic E-state index is 13.1. The number of aliphatic imine (C=N–C) groups is 1. The van der Waals surface area contributed by atoms with Crippen LogP contribution in [0.3, 0.4) is 0 Å². The Bertz CT molecular complexity index is 958. The van der Waals surface area contributed by atoms with Gasteiger partial charge in [-0.3, -0.25) is 9.69 Å². The van der Waals surface area contributed by atoms with Crippen molar-refractivity contribution in [1.29, 1.82) is 0 Å². The standard InChI is InChI=1S/C22H23ClN2O3S/c1-4-28-18-11-15(10-17(23)20(18)26)12-19-21(27)25(13-14(2)3)22(29-19)24-16-8-6-5-7-9-16/h5-12,14,26H,4,13H2,1-3H3/b19-12+,24-22?. The van der Waals surface area contributed by atoms with Crippen LogP contribution in [-0.4, -0.2) is 34.2 Å². The van der Waals surface area contributed by atoms with Gasteiger partial charge < -0.3 is 9.84 Å². The molecule has 0 aliphatic carbocycles. The highest BCUT2D eigenvalue weighted by molar-refractivity contribution is 8.18. The second-order valence-corrected chi connectivity index (χ2v) is 8.35. The third kappa shape index (κ3) is 5.14. The Hall–Kier alpha value is -2.44. The number of carbonyl (C=O) groups excluding carboxylic acids is 1. The number of ether oxygens (including phenoxy) is 1. The van der Waals surface area contributed by atoms with Crippen LogP contribution in [0.5, 0.6) is 11.5 Å². The quantitative estimate of drug-likeness (QED) is 0.596. The van der Waals surface area contributed by atoms with E-state index < -0.39 is 0 Å². The summed E-state index contributed by atoms with van der Waals surface area (Å²) >= 11 is 7.45. The molecule has 0 spiro atoms. The van der Waals surface area contributed by atoms with Crippen molar-refractivity contribution in [2.75, 3.05) is 13.2 Å². The molecule has 1 aliphatic rings. The molecule has 2 aromatic carbocycles. The first-order valence-electron chi connectivity index (χ1n) is 9.39. The number of para-hydroxylation sites is 1. The smallest absolute Gasteiger partial charge is 0.266 e. The number of thioether (sulfide) groups is 1. The number of phenols is 1. The fourth-order valence-corrected chi connectivity index (χ4v) is 4.05. The predicted molar refractivity (Wildman–Crippen MR) is 120 cm³/mol. The number of carbonyl (C=O) groups is 1. The Morgan fingerprint density at radius 2 is 2.00 bits per heavy atom. The average molecular weight is 431 g/mol. The van der Waals surface area contributed by atoms with Crippen LogP contribution in [0.2, 0.25) is 5.02 Å². The molecule has 0 atom stereocenters. The van der Waals surface area contributed by atoms with Gasteiger partial charge in [-0.2, -0.15) is 0 Å². The van der Waals surface area contributed by atoms with Crippen molar-refractivity contribution in [3.05, 3.63) is 58.0 Å². The number of phenolic OH excluding ortho intramolecular Hbond substituents is 1. The summed E-state index contributed by atoms with van der Waals surface area (Å²) < 4.78 is 5.43. The van der Waals surface area contributed by atoms with E-state index in [1.165, 1.54) is 11.8 Å². The number of hydrogen-bond acceptors (Lipinski definition) is 5. The van der Waals surface area contributed by atoms with Gasteiger partial charge in [0.2, 0.25) is 0 Å². The van der Waals surface area contributed by atoms with Gasteiger partial charge in [0.15, 0.2) is 16.7 Å². The second kappa shape index (κ2) is 9.37. The first kappa shape index (κ1) is 21.3. The lowest BCUT2D eigenvalue weighted by atomic mass is 10.1. The molecule has 0 unspecified atom stereocenters. The summed E-state index contributed by atoms with van der Waals surface area (Å²) in [6, 6.07) is 12.8. The van der Waals surface area contributed by atoms with Crippen LogP contribution in [0.25, 0.3) is 6.08 Å². The van der Waals surface area contributed by atoms with Crippen LogP contribution in [0.15, 0.2) is 52.4 Å². The van der Waals surface area contributed by atoms with Crippen molar-refractivity contribution in [2.45, 2.75) is 20.8 Å². The second-order valence-electron chi connectivity index (χ2n) is 6.93. The van der Waals surface area contributed by atoms with Gasteiger partial charge in [0, 0.05) is 6.54 Å². The fraction of sp³-hybridized carbons (Fsp3) is 0.273. The summed E-state index contributed by atoms with van der Waals surface area (Å²) in [5, 5.41) is 10.9. The largest absolute Gasteiger partial charge is 0.503 e. The van der Waals surface area contributed by atoms with Crippen LogP contribution in [0, 0.1) is 5.92 Å². The van der Waals surface area contributed by atoms with Crippen LogP contribution in [0.1, 0.15) is 26.3 Å². The maximum Gasteiger partial charge on any atom is 0.266 e. The third-order valence-corrected chi connectivity index (χ3v) is 5.36. The zero-order chi connectivity index (χ0) is 21.0. The molecule has 2 aromatic rings. The van der Waals surface area contributed by atoms with E-state index in [-0.39, 0.29) is 16.7 Å². The number of amidine groups is 1. The number of amides is 1. The lowest BCUT2D eigenvalue weighted by molar-refractivity contribution is -0.122. The Morgan fingerprint density at radius 1 is 1.28 bits per heavy atom. The molecule has 3 rings (SSSR count). The van der Waals surface area contributed by atoms with E-state index in [0.717, 1.165) is 5.69 Å². The van der Waals surface area contributed by atoms with Crippen molar-refractivity contribution >= 4 is 46.2 Å². The van der Waals surface area contributed by atoms with E-state index >= 15 is 0 Å². The van der Waals surface area contributed by atoms with Crippen molar-refractivity contribution in [3.8, 4) is 11.5 Å². The molecule has 1 fully saturated rings. The van der Waals surface area contributed by atoms with Crippen LogP contribution in [-0.2, 0) is 4.79 Å². The molecule has 1 amide bonds. The number of hydrogen-bond donors (Lipinski definition) is 1. The predicted octanol–water partition coefficient (Wildman–Crippen LogP) is 5.70. The van der Waals surface area contributed by atoms with Crippen molar-refractivity contribution in [3.63, 3.8) is 0 Å². The zero-order valence-corrected chi connectivity index (χ0v) is 18.1. The summed E-state index contributed by atoms with van der Waals surface area (Å²) in [7, 11) is 0. The summed E-state index contributed by atoms with van der Waals surface area (Å²) in [6.07, 6.45) is 1.75. The molecular formula is C22H23ClN2O3S. The van der Waals surface area contributed by atoms with E-state index in [4.69, 9.17) is 16.3 Å². The highest BCUT2D eigenvalue weighted by Gasteiger charge is 2.33. The number of benzene rings is 2. The third-order valence-electron chi connectivity index (χ3n) is 4.07. The number of nitrogens with zero attached hydrogens (tertiary/aromatic N) is 2. The minimum Gasteiger partial charge on any atom is -0.503 e. The summed E-state index contributed by atoms with van der Waals surface area (Å²) in [5.41, 5.74) is 1.47. The molecule has 5 nitrogen and oxygen atoms in total. The maximum absolute atomic E-state index is 13.1. The van der Waals surface area contributed by atoms with E-state index in [9.17, 15) is 9.90 Å². The molecule has 1 N–H and O–H groups in total. The average Bonchev–Trinajstić information content (AvgIpc) is 2.95. The van der Waals surface area contributed by atoms with Crippen molar-refractivity contribution in [2.24, 2.45) is 10.9 Å². The van der Waals surface area contributed by atoms with Gasteiger partial charge in [0.1, 0.15) is 0 Å². The molecule has 1 saturated heterocycles. The summed E-state index contributed by atoms with van der Waals surface area (Å²) in [5.74, 6) is 0.390. The number of aromatic hydroxyl groups is 1. The normalized spacial score (nSPS) is 17.0. The minimum absolute atomic E-state index is 0.0967. The highest BCUT2D eigenvalue weighted by atomic mass is 35.5. The van der Waals surface area contributed by atoms with Gasteiger partial charge in [-0.15, -0.1) is 0 Å². The molecule has 152 valence electrons. The van der Waals surface area contributed by atoms with E-state index in [1.807, 2.05) is 37.3 Å². The number of halogens is 1. The molecule has 7 heteroatoms. The van der Waals surface area contributed by atoms with Gasteiger partial charge in [-0.25, -0.2) is 4.99 Å². The minimum atomic E-state index is -0.103. The summed E-state index contributed by atoms with van der Waals surface area (Å²) in [4.78, 5) is 20.0. The lowest BCUT2D eigenvalue weighted by Crippen LogP contribution is -2.32. The van der Waals surface area contributed by atoms with Gasteiger partial charge in [0.25, 0.3) is 5.91 Å². The van der Waals surface area contributed by atoms with Gasteiger partial charge in [0.05, 0.1) is 22.2 Å². The Kier molecular flexibility index (Phi) is 6.87. The molecule has 0 bridgehead atoms. The first-order valence-corrected chi connectivity index (χ1v) is 10.6. The molecular weight excluding hydrogens is 408 g/mol. The van der Waals surface area contributed by atoms with Crippen LogP contribution >= 0.6 is 23.4 Å². The van der Waals surface area contributed by atoms with Crippen LogP contribution < -0.4 is 4.74 Å². The Labute approximate surface area is 180 Å². The SMILES string of the molecule is CCOc1cc(/C=C2/SC(=Nc3ccccc3)N(CC(C)C)C2=O)cc(Cl)c1O. The van der Waals surface area contributed by atoms with Crippen molar-refractivity contribution in [1.82, 2.24) is 4.90 Å². The fourth-order valence-electron chi connectivity index (χ4n) is 2.82. The molecule has 0 saturated carbocycles. The first-order chi connectivity index (χ1) is 13.9. The van der Waals surface area contributed by atoms with Gasteiger partial charge in [-0.1, -0.05) is 43.6 Å². The molecule has 29 heavy (non-hydrogen) atoms. The van der Waals surface area contributed by atoms with Crippen LogP contribution in [0.4, 0.5) is 5.69 Å². The van der Waals surface area contributed by atoms with E-state index in [0.29, 0.717) is 40.5 Å². The van der Waals surface area contributed by atoms with E-state index in [2.05, 4.69) is 18.8 Å². The highest BCUT2D eigenvalue weighted by Crippen LogP contribution is 2.38. The monoisotopic (exact) mass is 430 g/mol. The topological polar surface area (TPSA) is 62.1 Å². The van der Waals surface area contributed by atoms with Gasteiger partial charge in [-0.05, 0) is 60.5 Å². The molecule has 1 heterocycles.